The number of hydrogen-bond acceptors (Lipinski definition) is 11. The van der Waals surface area contributed by atoms with E-state index >= 15 is 0 Å². The highest BCUT2D eigenvalue weighted by Gasteiger charge is 2.52. The highest BCUT2D eigenvalue weighted by atomic mass is 16.7. The maximum Gasteiger partial charge on any atom is 0.220 e. The molecule has 7 N–H and O–H groups in total. The van der Waals surface area contributed by atoms with E-state index in [0.717, 1.165) is 19.3 Å². The Hall–Kier alpha value is -1.42. The number of hydrogen-bond donors (Lipinski definition) is 7. The predicted octanol–water partition coefficient (Wildman–Crippen LogP) is 2.18. The van der Waals surface area contributed by atoms with Crippen molar-refractivity contribution in [2.45, 2.75) is 185 Å². The van der Waals surface area contributed by atoms with Crippen LogP contribution in [0.4, 0.5) is 0 Å². The van der Waals surface area contributed by atoms with Gasteiger partial charge in [-0.1, -0.05) is 96.8 Å². The molecule has 10 atom stereocenters. The molecule has 0 aromatic heterocycles. The van der Waals surface area contributed by atoms with Gasteiger partial charge >= 0.3 is 0 Å². The van der Waals surface area contributed by atoms with Crippen LogP contribution in [-0.2, 0) is 28.5 Å². The molecule has 2 heterocycles. The third-order valence-electron chi connectivity index (χ3n) is 9.08. The lowest BCUT2D eigenvalue weighted by Crippen LogP contribution is -2.69. The smallest absolute Gasteiger partial charge is 0.220 e. The van der Waals surface area contributed by atoms with Crippen LogP contribution < -0.4 is 10.6 Å². The Morgan fingerprint density at radius 1 is 0.660 bits per heavy atom. The van der Waals surface area contributed by atoms with Crippen molar-refractivity contribution in [1.82, 2.24) is 10.6 Å². The van der Waals surface area contributed by atoms with Crippen molar-refractivity contribution in [2.75, 3.05) is 19.8 Å². The molecule has 2 amide bonds. The molecule has 5 unspecified atom stereocenters. The Morgan fingerprint density at radius 2 is 1.19 bits per heavy atom. The summed E-state index contributed by atoms with van der Waals surface area (Å²) in [5.41, 5.74) is 0. The van der Waals surface area contributed by atoms with E-state index in [1.165, 1.54) is 77.6 Å². The lowest BCUT2D eigenvalue weighted by Gasteiger charge is -2.48. The molecule has 0 aromatic rings. The third kappa shape index (κ3) is 14.5. The first-order valence-corrected chi connectivity index (χ1v) is 18.1. The molecule has 0 radical (unpaired) electrons. The summed E-state index contributed by atoms with van der Waals surface area (Å²) in [6.07, 6.45) is 7.89. The van der Waals surface area contributed by atoms with Crippen LogP contribution in [0.1, 0.15) is 124 Å². The summed E-state index contributed by atoms with van der Waals surface area (Å²) in [4.78, 5) is 24.8. The monoisotopic (exact) mass is 676 g/mol. The Morgan fingerprint density at radius 3 is 1.68 bits per heavy atom. The van der Waals surface area contributed by atoms with Crippen LogP contribution in [0.25, 0.3) is 0 Å². The third-order valence-corrected chi connectivity index (χ3v) is 9.08. The van der Waals surface area contributed by atoms with Gasteiger partial charge in [-0.25, -0.2) is 0 Å². The van der Waals surface area contributed by atoms with Crippen LogP contribution in [0.5, 0.6) is 0 Å². The van der Waals surface area contributed by atoms with Crippen molar-refractivity contribution < 1.29 is 54.1 Å². The van der Waals surface area contributed by atoms with Crippen molar-refractivity contribution in [2.24, 2.45) is 0 Å². The van der Waals surface area contributed by atoms with Gasteiger partial charge in [0.25, 0.3) is 0 Å². The fourth-order valence-electron chi connectivity index (χ4n) is 6.43. The van der Waals surface area contributed by atoms with E-state index < -0.39 is 80.4 Å². The standard InChI is InChI=1S/C34H64N2O11/c1-4-6-7-8-9-10-11-12-13-14-15-16-17-18-19-20-26(40)36-27-30(42)29(41)24(21-37)46-34(27)47-31-25(22-38)45-33(43)28(35-23(3)39)32(31)44-5-2/h24-25,27-34,37-38,41-43H,4-22H2,1-3H3,(H,35,39)(H,36,40)/t24?,25?,27?,28?,29-,30-,31-,32-,33?,34+/m1/s1. The van der Waals surface area contributed by atoms with Crippen LogP contribution in [0, 0.1) is 0 Å². The number of carbonyl (C=O) groups is 2. The van der Waals surface area contributed by atoms with Crippen LogP contribution in [-0.4, -0.2) is 118 Å². The lowest BCUT2D eigenvalue weighted by atomic mass is 9.94. The zero-order valence-corrected chi connectivity index (χ0v) is 28.9. The number of unbranched alkanes of at least 4 members (excludes halogenated alkanes) is 14. The molecule has 0 spiro atoms. The summed E-state index contributed by atoms with van der Waals surface area (Å²) in [7, 11) is 0. The van der Waals surface area contributed by atoms with Gasteiger partial charge in [0.2, 0.25) is 11.8 Å². The van der Waals surface area contributed by atoms with Crippen molar-refractivity contribution in [3.63, 3.8) is 0 Å². The summed E-state index contributed by atoms with van der Waals surface area (Å²) in [5, 5.41) is 57.1. The number of rotatable bonds is 24. The maximum atomic E-state index is 13.0. The van der Waals surface area contributed by atoms with Gasteiger partial charge in [0.15, 0.2) is 12.6 Å². The number of aliphatic hydroxyl groups is 5. The van der Waals surface area contributed by atoms with Gasteiger partial charge in [0.1, 0.15) is 48.7 Å². The molecular weight excluding hydrogens is 612 g/mol. The second kappa shape index (κ2) is 23.9. The number of amides is 2. The topological polar surface area (TPSA) is 196 Å². The summed E-state index contributed by atoms with van der Waals surface area (Å²) in [6, 6.07) is -2.30. The molecule has 2 rings (SSSR count). The fraction of sp³-hybridized carbons (Fsp3) is 0.941. The lowest BCUT2D eigenvalue weighted by molar-refractivity contribution is -0.331. The highest BCUT2D eigenvalue weighted by molar-refractivity contribution is 5.76. The molecule has 0 saturated carbocycles. The molecule has 276 valence electrons. The van der Waals surface area contributed by atoms with Crippen molar-refractivity contribution >= 4 is 11.8 Å². The molecular formula is C34H64N2O11. The molecule has 47 heavy (non-hydrogen) atoms. The van der Waals surface area contributed by atoms with Crippen molar-refractivity contribution in [3.8, 4) is 0 Å². The molecule has 0 bridgehead atoms. The average Bonchev–Trinajstić information content (AvgIpc) is 3.04. The molecule has 13 heteroatoms. The summed E-state index contributed by atoms with van der Waals surface area (Å²) in [5.74, 6) is -0.817. The van der Waals surface area contributed by atoms with Gasteiger partial charge in [-0.15, -0.1) is 0 Å². The minimum atomic E-state index is -1.55. The van der Waals surface area contributed by atoms with E-state index in [1.54, 1.807) is 6.92 Å². The molecule has 13 nitrogen and oxygen atoms in total. The van der Waals surface area contributed by atoms with E-state index in [1.807, 2.05) is 0 Å². The zero-order chi connectivity index (χ0) is 34.6. The SMILES string of the molecule is CCCCCCCCCCCCCCCCCC(=O)NC1[C@H](O[C@@H]2C(CO)OC(O)C(NC(C)=O)[C@H]2OCC)OC(CO)[C@@H](O)[C@@H]1O. The Balaban J connectivity index is 1.86. The molecule has 2 aliphatic rings. The largest absolute Gasteiger partial charge is 0.394 e. The number of carbonyl (C=O) groups excluding carboxylic acids is 2. The Bertz CT molecular complexity index is 853. The van der Waals surface area contributed by atoms with Crippen LogP contribution >= 0.6 is 0 Å². The van der Waals surface area contributed by atoms with Gasteiger partial charge < -0.3 is 55.1 Å². The van der Waals surface area contributed by atoms with Crippen LogP contribution in [0.3, 0.4) is 0 Å². The highest BCUT2D eigenvalue weighted by Crippen LogP contribution is 2.30. The number of ether oxygens (including phenoxy) is 4. The molecule has 2 saturated heterocycles. The van der Waals surface area contributed by atoms with Gasteiger partial charge in [0, 0.05) is 20.0 Å². The number of nitrogens with one attached hydrogen (secondary N) is 2. The van der Waals surface area contributed by atoms with Gasteiger partial charge in [-0.05, 0) is 13.3 Å². The quantitative estimate of drug-likeness (QED) is 0.0741. The normalized spacial score (nSPS) is 31.1. The molecule has 0 aliphatic carbocycles. The first-order chi connectivity index (χ1) is 22.7. The van der Waals surface area contributed by atoms with E-state index in [2.05, 4.69) is 17.6 Å². The van der Waals surface area contributed by atoms with E-state index in [4.69, 9.17) is 18.9 Å². The maximum absolute atomic E-state index is 13.0. The van der Waals surface area contributed by atoms with E-state index in [0.29, 0.717) is 6.42 Å². The average molecular weight is 677 g/mol. The summed E-state index contributed by atoms with van der Waals surface area (Å²) >= 11 is 0. The van der Waals surface area contributed by atoms with Crippen molar-refractivity contribution in [3.05, 3.63) is 0 Å². The Labute approximate surface area is 281 Å². The van der Waals surface area contributed by atoms with E-state index in [-0.39, 0.29) is 18.9 Å². The Kier molecular flexibility index (Phi) is 21.2. The first kappa shape index (κ1) is 41.7. The van der Waals surface area contributed by atoms with Crippen LogP contribution in [0.15, 0.2) is 0 Å². The molecule has 2 fully saturated rings. The van der Waals surface area contributed by atoms with Gasteiger partial charge in [-0.3, -0.25) is 9.59 Å². The summed E-state index contributed by atoms with van der Waals surface area (Å²) < 4.78 is 23.3. The molecule has 2 aliphatic heterocycles. The fourth-order valence-corrected chi connectivity index (χ4v) is 6.43. The van der Waals surface area contributed by atoms with Gasteiger partial charge in [0.05, 0.1) is 13.2 Å². The van der Waals surface area contributed by atoms with Crippen molar-refractivity contribution in [1.29, 1.82) is 0 Å². The predicted molar refractivity (Wildman–Crippen MR) is 175 cm³/mol. The second-order valence-electron chi connectivity index (χ2n) is 13.0. The van der Waals surface area contributed by atoms with E-state index in [9.17, 15) is 35.1 Å². The second-order valence-corrected chi connectivity index (χ2v) is 13.0. The zero-order valence-electron chi connectivity index (χ0n) is 28.9. The van der Waals surface area contributed by atoms with Gasteiger partial charge in [-0.2, -0.15) is 0 Å². The van der Waals surface area contributed by atoms with Crippen LogP contribution in [0.2, 0.25) is 0 Å². The summed E-state index contributed by atoms with van der Waals surface area (Å²) in [6.45, 7) is 4.16. The molecule has 0 aromatic carbocycles. The first-order valence-electron chi connectivity index (χ1n) is 18.1. The minimum Gasteiger partial charge on any atom is -0.394 e. The minimum absolute atomic E-state index is 0.164. The number of aliphatic hydroxyl groups excluding tert-OH is 5.